The van der Waals surface area contributed by atoms with Crippen molar-refractivity contribution >= 4 is 23.3 Å². The van der Waals surface area contributed by atoms with Crippen molar-refractivity contribution in [2.24, 2.45) is 0 Å². The van der Waals surface area contributed by atoms with Gasteiger partial charge in [0.15, 0.2) is 11.5 Å². The molecule has 0 spiro atoms. The average molecular weight is 384 g/mol. The number of para-hydroxylation sites is 2. The molecule has 0 saturated heterocycles. The molecule has 1 N–H and O–H groups in total. The number of aromatic nitrogens is 2. The molecule has 1 aromatic heterocycles. The number of benzene rings is 2. The highest BCUT2D eigenvalue weighted by atomic mass is 35.5. The van der Waals surface area contributed by atoms with Gasteiger partial charge in [-0.05, 0) is 18.2 Å². The first-order chi connectivity index (χ1) is 13.1. The lowest BCUT2D eigenvalue weighted by Crippen LogP contribution is -2.25. The van der Waals surface area contributed by atoms with E-state index in [0.29, 0.717) is 22.3 Å². The Hall–Kier alpha value is -2.99. The topological polar surface area (TPSA) is 65.4 Å². The number of methoxy groups -OCH3 is 2. The minimum Gasteiger partial charge on any atom is -0.493 e. The lowest BCUT2D eigenvalue weighted by Gasteiger charge is -2.25. The molecule has 0 radical (unpaired) electrons. The summed E-state index contributed by atoms with van der Waals surface area (Å²) < 4.78 is 12.8. The van der Waals surface area contributed by atoms with E-state index in [0.717, 1.165) is 16.9 Å². The second-order valence-corrected chi connectivity index (χ2v) is 6.59. The number of ether oxygens (including phenoxy) is 2. The van der Waals surface area contributed by atoms with Gasteiger partial charge < -0.3 is 14.8 Å². The number of fused-ring (bicyclic) bond motifs is 1. The monoisotopic (exact) mass is 383 g/mol. The fraction of sp³-hybridized carbons (Fsp3) is 0.200. The molecule has 0 saturated carbocycles. The highest BCUT2D eigenvalue weighted by Crippen LogP contribution is 2.44. The zero-order chi connectivity index (χ0) is 19.0. The Kier molecular flexibility index (Phi) is 4.49. The molecule has 0 unspecified atom stereocenters. The number of hydrogen-bond donors (Lipinski definition) is 1. The summed E-state index contributed by atoms with van der Waals surface area (Å²) in [6, 6.07) is 13.1. The molecule has 2 heterocycles. The van der Waals surface area contributed by atoms with Gasteiger partial charge in [0.2, 0.25) is 5.91 Å². The highest BCUT2D eigenvalue weighted by molar-refractivity contribution is 6.32. The Balaban J connectivity index is 1.87. The maximum Gasteiger partial charge on any atom is 0.226 e. The minimum absolute atomic E-state index is 0.0915. The quantitative estimate of drug-likeness (QED) is 0.739. The maximum atomic E-state index is 12.5. The number of carbonyl (C=O) groups is 1. The smallest absolute Gasteiger partial charge is 0.226 e. The lowest BCUT2D eigenvalue weighted by atomic mass is 9.89. The van der Waals surface area contributed by atoms with E-state index >= 15 is 0 Å². The van der Waals surface area contributed by atoms with Crippen molar-refractivity contribution in [1.82, 2.24) is 9.55 Å². The Labute approximate surface area is 161 Å². The first-order valence-corrected chi connectivity index (χ1v) is 8.84. The second-order valence-electron chi connectivity index (χ2n) is 6.19. The molecule has 138 valence electrons. The molecular formula is C20H18ClN3O3. The van der Waals surface area contributed by atoms with Crippen LogP contribution in [0.4, 0.5) is 5.82 Å². The number of nitrogens with zero attached hydrogens (tertiary/aromatic N) is 2. The zero-order valence-corrected chi connectivity index (χ0v) is 15.7. The number of anilines is 1. The van der Waals surface area contributed by atoms with Crippen LogP contribution in [0.1, 0.15) is 23.6 Å². The second kappa shape index (κ2) is 6.96. The normalized spacial score (nSPS) is 15.8. The number of halogens is 1. The maximum absolute atomic E-state index is 12.5. The van der Waals surface area contributed by atoms with Gasteiger partial charge >= 0.3 is 0 Å². The zero-order valence-electron chi connectivity index (χ0n) is 14.9. The molecule has 4 rings (SSSR count). The van der Waals surface area contributed by atoms with Crippen LogP contribution >= 0.6 is 11.6 Å². The standard InChI is InChI=1S/C20H18ClN3O3/c1-26-16-9-5-6-12(19(16)27-2)13-10-17(25)23-20-18(13)22-11-24(20)15-8-4-3-7-14(15)21/h3-9,11,13H,10H2,1-2H3,(H,23,25)/t13-/m1/s1. The van der Waals surface area contributed by atoms with Gasteiger partial charge in [-0.1, -0.05) is 35.9 Å². The third-order valence-electron chi connectivity index (χ3n) is 4.69. The van der Waals surface area contributed by atoms with Gasteiger partial charge in [-0.25, -0.2) is 4.98 Å². The molecule has 2 aromatic carbocycles. The summed E-state index contributed by atoms with van der Waals surface area (Å²) in [4.78, 5) is 17.1. The molecule has 0 bridgehead atoms. The fourth-order valence-corrected chi connectivity index (χ4v) is 3.71. The highest BCUT2D eigenvalue weighted by Gasteiger charge is 2.33. The molecule has 1 atom stereocenters. The predicted octanol–water partition coefficient (Wildman–Crippen LogP) is 4.02. The third kappa shape index (κ3) is 2.92. The third-order valence-corrected chi connectivity index (χ3v) is 5.01. The van der Waals surface area contributed by atoms with Gasteiger partial charge in [0, 0.05) is 17.9 Å². The SMILES string of the molecule is COc1cccc([C@H]2CC(=O)Nc3c2ncn3-c2ccccc2Cl)c1OC. The first-order valence-electron chi connectivity index (χ1n) is 8.47. The van der Waals surface area contributed by atoms with E-state index in [1.165, 1.54) is 0 Å². The number of imidazole rings is 1. The van der Waals surface area contributed by atoms with Crippen LogP contribution < -0.4 is 14.8 Å². The van der Waals surface area contributed by atoms with Crippen LogP contribution in [-0.4, -0.2) is 29.7 Å². The van der Waals surface area contributed by atoms with E-state index < -0.39 is 0 Å². The van der Waals surface area contributed by atoms with E-state index in [2.05, 4.69) is 10.3 Å². The first kappa shape index (κ1) is 17.4. The molecule has 1 amide bonds. The summed E-state index contributed by atoms with van der Waals surface area (Å²) in [5.74, 6) is 1.51. The Morgan fingerprint density at radius 1 is 1.15 bits per heavy atom. The lowest BCUT2D eigenvalue weighted by molar-refractivity contribution is -0.116. The molecule has 0 fully saturated rings. The van der Waals surface area contributed by atoms with Crippen LogP contribution in [0.2, 0.25) is 5.02 Å². The van der Waals surface area contributed by atoms with Gasteiger partial charge in [0.05, 0.1) is 30.6 Å². The van der Waals surface area contributed by atoms with Crippen LogP contribution in [0.3, 0.4) is 0 Å². The fourth-order valence-electron chi connectivity index (χ4n) is 3.48. The summed E-state index contributed by atoms with van der Waals surface area (Å²) in [6.07, 6.45) is 1.95. The number of hydrogen-bond acceptors (Lipinski definition) is 4. The van der Waals surface area contributed by atoms with Gasteiger partial charge in [-0.15, -0.1) is 0 Å². The van der Waals surface area contributed by atoms with Crippen molar-refractivity contribution in [3.8, 4) is 17.2 Å². The van der Waals surface area contributed by atoms with Crippen molar-refractivity contribution in [1.29, 1.82) is 0 Å². The van der Waals surface area contributed by atoms with Crippen LogP contribution in [0.15, 0.2) is 48.8 Å². The molecule has 0 aliphatic carbocycles. The van der Waals surface area contributed by atoms with E-state index in [-0.39, 0.29) is 18.2 Å². The Bertz CT molecular complexity index is 1020. The average Bonchev–Trinajstić information content (AvgIpc) is 3.10. The van der Waals surface area contributed by atoms with E-state index in [4.69, 9.17) is 21.1 Å². The van der Waals surface area contributed by atoms with Crippen molar-refractivity contribution in [3.63, 3.8) is 0 Å². The molecule has 6 nitrogen and oxygen atoms in total. The predicted molar refractivity (Wildman–Crippen MR) is 103 cm³/mol. The summed E-state index contributed by atoms with van der Waals surface area (Å²) in [5.41, 5.74) is 2.38. The van der Waals surface area contributed by atoms with E-state index in [1.807, 2.05) is 36.4 Å². The van der Waals surface area contributed by atoms with Gasteiger partial charge in [0.1, 0.15) is 12.1 Å². The number of amides is 1. The van der Waals surface area contributed by atoms with Crippen molar-refractivity contribution in [2.45, 2.75) is 12.3 Å². The summed E-state index contributed by atoms with van der Waals surface area (Å²) >= 11 is 6.34. The molecule has 1 aliphatic rings. The van der Waals surface area contributed by atoms with Gasteiger partial charge in [-0.3, -0.25) is 9.36 Å². The van der Waals surface area contributed by atoms with Crippen LogP contribution in [-0.2, 0) is 4.79 Å². The summed E-state index contributed by atoms with van der Waals surface area (Å²) in [7, 11) is 3.18. The van der Waals surface area contributed by atoms with Crippen molar-refractivity contribution in [2.75, 3.05) is 19.5 Å². The molecule has 7 heteroatoms. The molecule has 27 heavy (non-hydrogen) atoms. The summed E-state index contributed by atoms with van der Waals surface area (Å²) in [6.45, 7) is 0. The van der Waals surface area contributed by atoms with E-state index in [9.17, 15) is 4.79 Å². The number of nitrogens with one attached hydrogen (secondary N) is 1. The van der Waals surface area contributed by atoms with Gasteiger partial charge in [0.25, 0.3) is 0 Å². The van der Waals surface area contributed by atoms with E-state index in [1.54, 1.807) is 31.2 Å². The van der Waals surface area contributed by atoms with Crippen molar-refractivity contribution in [3.05, 3.63) is 65.1 Å². The molecule has 3 aromatic rings. The summed E-state index contributed by atoms with van der Waals surface area (Å²) in [5, 5.41) is 3.51. The van der Waals surface area contributed by atoms with Crippen LogP contribution in [0.5, 0.6) is 11.5 Å². The van der Waals surface area contributed by atoms with Crippen LogP contribution in [0, 0.1) is 0 Å². The van der Waals surface area contributed by atoms with Gasteiger partial charge in [-0.2, -0.15) is 0 Å². The number of rotatable bonds is 4. The van der Waals surface area contributed by atoms with Crippen molar-refractivity contribution < 1.29 is 14.3 Å². The Morgan fingerprint density at radius 2 is 1.96 bits per heavy atom. The number of carbonyl (C=O) groups excluding carboxylic acids is 1. The minimum atomic E-state index is -0.248. The van der Waals surface area contributed by atoms with Crippen LogP contribution in [0.25, 0.3) is 5.69 Å². The Morgan fingerprint density at radius 3 is 2.70 bits per heavy atom. The molecule has 1 aliphatic heterocycles. The molecular weight excluding hydrogens is 366 g/mol. The largest absolute Gasteiger partial charge is 0.493 e.